The number of nitrogens with zero attached hydrogens (tertiary/aromatic N) is 1. The number of ether oxygens (including phenoxy) is 1. The molecule has 3 N–H and O–H groups in total. The van der Waals surface area contributed by atoms with E-state index in [9.17, 15) is 19.3 Å². The van der Waals surface area contributed by atoms with Crippen LogP contribution in [-0.4, -0.2) is 38.4 Å². The normalized spacial score (nSPS) is 29.2. The van der Waals surface area contributed by atoms with Gasteiger partial charge in [-0.15, -0.1) is 0 Å². The number of rotatable bonds is 4. The van der Waals surface area contributed by atoms with Gasteiger partial charge >= 0.3 is 10.9 Å². The smallest absolute Gasteiger partial charge is 0.386 e. The lowest BCUT2D eigenvalue weighted by molar-refractivity contribution is -0.0414. The van der Waals surface area contributed by atoms with Gasteiger partial charge in [0.1, 0.15) is 12.3 Å². The minimum atomic E-state index is -3.69. The van der Waals surface area contributed by atoms with Crippen molar-refractivity contribution in [3.05, 3.63) is 33.1 Å². The Hall–Kier alpha value is -0.520. The number of halogens is 1. The van der Waals surface area contributed by atoms with E-state index in [-0.39, 0.29) is 13.0 Å². The van der Waals surface area contributed by atoms with Gasteiger partial charge in [0.2, 0.25) is 0 Å². The predicted octanol–water partition coefficient (Wildman–Crippen LogP) is -0.263. The third-order valence-electron chi connectivity index (χ3n) is 2.76. The summed E-state index contributed by atoms with van der Waals surface area (Å²) in [6.07, 6.45) is -1.17. The van der Waals surface area contributed by atoms with Crippen LogP contribution in [0.2, 0.25) is 0 Å². The SMILES string of the molecule is O=c1ccn([C@H]2C[C@H](O)[C@@H](COP(=O)(O)I)O2)c(=O)[nH]1. The Bertz CT molecular complexity index is 638. The molecule has 0 aliphatic carbocycles. The highest BCUT2D eigenvalue weighted by molar-refractivity contribution is 14.2. The number of aromatic nitrogens is 2. The zero-order valence-electron chi connectivity index (χ0n) is 10.0. The quantitative estimate of drug-likeness (QED) is 0.454. The molecule has 9 nitrogen and oxygen atoms in total. The summed E-state index contributed by atoms with van der Waals surface area (Å²) < 4.78 is 22.2. The summed E-state index contributed by atoms with van der Waals surface area (Å²) in [6, 6.07) is 1.16. The zero-order chi connectivity index (χ0) is 14.9. The molecule has 1 saturated heterocycles. The topological polar surface area (TPSA) is 131 Å². The van der Waals surface area contributed by atoms with Crippen LogP contribution in [0.3, 0.4) is 0 Å². The van der Waals surface area contributed by atoms with E-state index in [1.807, 2.05) is 0 Å². The van der Waals surface area contributed by atoms with Gasteiger partial charge in [-0.1, -0.05) is 0 Å². The Kier molecular flexibility index (Phi) is 4.82. The van der Waals surface area contributed by atoms with Gasteiger partial charge in [0.05, 0.1) is 34.8 Å². The van der Waals surface area contributed by atoms with E-state index in [2.05, 4.69) is 9.51 Å². The Morgan fingerprint density at radius 2 is 2.30 bits per heavy atom. The Morgan fingerprint density at radius 3 is 2.90 bits per heavy atom. The molecule has 0 aromatic carbocycles. The van der Waals surface area contributed by atoms with Gasteiger partial charge in [-0.3, -0.25) is 18.9 Å². The second-order valence-electron chi connectivity index (χ2n) is 4.20. The van der Waals surface area contributed by atoms with Crippen LogP contribution in [0.1, 0.15) is 12.6 Å². The van der Waals surface area contributed by atoms with Crippen molar-refractivity contribution < 1.29 is 23.8 Å². The van der Waals surface area contributed by atoms with Crippen molar-refractivity contribution in [1.29, 1.82) is 0 Å². The Balaban J connectivity index is 2.08. The van der Waals surface area contributed by atoms with Crippen molar-refractivity contribution in [3.63, 3.8) is 0 Å². The number of aliphatic hydroxyl groups is 1. The number of hydrogen-bond acceptors (Lipinski definition) is 6. The largest absolute Gasteiger partial charge is 0.390 e. The van der Waals surface area contributed by atoms with E-state index in [0.29, 0.717) is 0 Å². The molecule has 112 valence electrons. The summed E-state index contributed by atoms with van der Waals surface area (Å²) in [7, 11) is 0. The summed E-state index contributed by atoms with van der Waals surface area (Å²) >= 11 is 1.25. The van der Waals surface area contributed by atoms with Crippen LogP contribution >= 0.6 is 27.3 Å². The van der Waals surface area contributed by atoms with E-state index in [1.54, 1.807) is 0 Å². The fourth-order valence-electron chi connectivity index (χ4n) is 1.86. The third-order valence-corrected chi connectivity index (χ3v) is 4.07. The fraction of sp³-hybridized carbons (Fsp3) is 0.556. The van der Waals surface area contributed by atoms with Gasteiger partial charge in [-0.2, -0.15) is 0 Å². The maximum absolute atomic E-state index is 11.6. The van der Waals surface area contributed by atoms with Gasteiger partial charge in [0.15, 0.2) is 0 Å². The van der Waals surface area contributed by atoms with Gasteiger partial charge in [-0.05, 0) is 0 Å². The first-order chi connectivity index (χ1) is 9.26. The van der Waals surface area contributed by atoms with E-state index in [1.165, 1.54) is 28.2 Å². The summed E-state index contributed by atoms with van der Waals surface area (Å²) in [5, 5.41) is 6.11. The fourth-order valence-corrected chi connectivity index (χ4v) is 2.67. The molecule has 2 heterocycles. The van der Waals surface area contributed by atoms with Crippen LogP contribution in [-0.2, 0) is 13.8 Å². The van der Waals surface area contributed by atoms with Gasteiger partial charge < -0.3 is 14.7 Å². The highest BCUT2D eigenvalue weighted by Crippen LogP contribution is 2.51. The molecule has 0 amide bonds. The third kappa shape index (κ3) is 3.99. The second kappa shape index (κ2) is 6.08. The average Bonchev–Trinajstić information content (AvgIpc) is 2.67. The first-order valence-electron chi connectivity index (χ1n) is 5.58. The van der Waals surface area contributed by atoms with Gasteiger partial charge in [0.25, 0.3) is 5.56 Å². The van der Waals surface area contributed by atoms with Crippen molar-refractivity contribution in [2.24, 2.45) is 0 Å². The molecule has 1 fully saturated rings. The van der Waals surface area contributed by atoms with E-state index >= 15 is 0 Å². The highest BCUT2D eigenvalue weighted by atomic mass is 127. The van der Waals surface area contributed by atoms with Gasteiger partial charge in [-0.25, -0.2) is 9.36 Å². The van der Waals surface area contributed by atoms with Crippen molar-refractivity contribution in [2.45, 2.75) is 24.9 Å². The summed E-state index contributed by atoms with van der Waals surface area (Å²) in [5.74, 6) is 0. The molecule has 2 rings (SSSR count). The maximum atomic E-state index is 11.6. The Morgan fingerprint density at radius 1 is 1.60 bits per heavy atom. The molecule has 11 heteroatoms. The first kappa shape index (κ1) is 15.9. The van der Waals surface area contributed by atoms with Crippen LogP contribution in [0.4, 0.5) is 0 Å². The monoisotopic (exact) mass is 418 g/mol. The number of aromatic amines is 1. The van der Waals surface area contributed by atoms with Crippen LogP contribution in [0.5, 0.6) is 0 Å². The van der Waals surface area contributed by atoms with Gasteiger partial charge in [0, 0.05) is 18.7 Å². The average molecular weight is 418 g/mol. The van der Waals surface area contributed by atoms with E-state index in [0.717, 1.165) is 10.6 Å². The van der Waals surface area contributed by atoms with Crippen molar-refractivity contribution in [2.75, 3.05) is 6.61 Å². The van der Waals surface area contributed by atoms with Crippen LogP contribution < -0.4 is 11.2 Å². The molecular formula is C9H12IN2O7P. The molecule has 1 aliphatic rings. The lowest BCUT2D eigenvalue weighted by Gasteiger charge is -2.16. The molecule has 1 aromatic heterocycles. The summed E-state index contributed by atoms with van der Waals surface area (Å²) in [4.78, 5) is 33.6. The van der Waals surface area contributed by atoms with Crippen LogP contribution in [0.25, 0.3) is 0 Å². The van der Waals surface area contributed by atoms with Crippen LogP contribution in [0.15, 0.2) is 21.9 Å². The maximum Gasteiger partial charge on any atom is 0.386 e. The summed E-state index contributed by atoms with van der Waals surface area (Å²) in [5.41, 5.74) is -1.19. The number of H-pyrrole nitrogens is 1. The molecule has 0 bridgehead atoms. The van der Waals surface area contributed by atoms with Crippen molar-refractivity contribution in [3.8, 4) is 0 Å². The first-order valence-corrected chi connectivity index (χ1v) is 9.94. The molecule has 1 aromatic rings. The predicted molar refractivity (Wildman–Crippen MR) is 75.7 cm³/mol. The number of aliphatic hydroxyl groups excluding tert-OH is 1. The number of nitrogens with one attached hydrogen (secondary N) is 1. The minimum Gasteiger partial charge on any atom is -0.390 e. The zero-order valence-corrected chi connectivity index (χ0v) is 13.1. The van der Waals surface area contributed by atoms with E-state index in [4.69, 9.17) is 9.63 Å². The lowest BCUT2D eigenvalue weighted by atomic mass is 10.2. The summed E-state index contributed by atoms with van der Waals surface area (Å²) in [6.45, 7) is -0.271. The van der Waals surface area contributed by atoms with Crippen molar-refractivity contribution in [1.82, 2.24) is 9.55 Å². The molecular weight excluding hydrogens is 406 g/mol. The highest BCUT2D eigenvalue weighted by Gasteiger charge is 2.36. The lowest BCUT2D eigenvalue weighted by Crippen LogP contribution is -2.31. The molecule has 1 aliphatic heterocycles. The Labute approximate surface area is 125 Å². The molecule has 0 radical (unpaired) electrons. The molecule has 20 heavy (non-hydrogen) atoms. The minimum absolute atomic E-state index is 0.108. The van der Waals surface area contributed by atoms with Crippen LogP contribution in [0, 0.1) is 0 Å². The second-order valence-corrected chi connectivity index (χ2v) is 9.02. The molecule has 0 spiro atoms. The van der Waals surface area contributed by atoms with E-state index < -0.39 is 34.9 Å². The molecule has 1 unspecified atom stereocenters. The van der Waals surface area contributed by atoms with Crippen molar-refractivity contribution >= 4 is 27.3 Å². The standard InChI is InChI=1S/C9H12IN2O7P/c10-20(16,17)18-4-6-5(13)3-8(19-6)12-2-1-7(14)11-9(12)15/h1-2,5-6,8,13H,3-4H2,(H,16,17)(H,11,14,15)/t5-,6+,8+/m0/s1. The molecule has 4 atom stereocenters. The number of hydrogen-bond donors (Lipinski definition) is 3. The molecule has 0 saturated carbocycles.